The fourth-order valence-corrected chi connectivity index (χ4v) is 5.49. The normalized spacial score (nSPS) is 21.1. The highest BCUT2D eigenvalue weighted by molar-refractivity contribution is 5.96. The van der Waals surface area contributed by atoms with Crippen molar-refractivity contribution in [3.63, 3.8) is 0 Å². The van der Waals surface area contributed by atoms with Crippen molar-refractivity contribution in [2.75, 3.05) is 31.1 Å². The highest BCUT2D eigenvalue weighted by Gasteiger charge is 2.25. The van der Waals surface area contributed by atoms with Gasteiger partial charge < -0.3 is 15.5 Å². The number of aromatic nitrogens is 2. The van der Waals surface area contributed by atoms with Crippen LogP contribution in [0.3, 0.4) is 0 Å². The lowest BCUT2D eigenvalue weighted by molar-refractivity contribution is 0.0927. The smallest absolute Gasteiger partial charge is 0.254 e. The number of benzene rings is 1. The van der Waals surface area contributed by atoms with Gasteiger partial charge in [-0.15, -0.1) is 0 Å². The van der Waals surface area contributed by atoms with Gasteiger partial charge in [-0.3, -0.25) is 14.7 Å². The number of nitrogens with one attached hydrogen (secondary N) is 2. The van der Waals surface area contributed by atoms with Gasteiger partial charge in [0.2, 0.25) is 0 Å². The third-order valence-corrected chi connectivity index (χ3v) is 7.22. The molecular weight excluding hydrogens is 467 g/mol. The van der Waals surface area contributed by atoms with Gasteiger partial charge in [-0.2, -0.15) is 0 Å². The van der Waals surface area contributed by atoms with E-state index in [1.807, 2.05) is 6.20 Å². The van der Waals surface area contributed by atoms with Crippen LogP contribution < -0.4 is 15.5 Å². The molecule has 5 rings (SSSR count). The number of piperidine rings is 1. The summed E-state index contributed by atoms with van der Waals surface area (Å²) in [4.78, 5) is 26.4. The number of nitrogens with zero attached hydrogens (tertiary/aromatic N) is 4. The Labute approximate surface area is 218 Å². The Hall–Kier alpha value is -3.36. The van der Waals surface area contributed by atoms with E-state index in [4.69, 9.17) is 4.98 Å². The van der Waals surface area contributed by atoms with Crippen LogP contribution in [0, 0.1) is 5.82 Å². The first kappa shape index (κ1) is 25.3. The van der Waals surface area contributed by atoms with Crippen molar-refractivity contribution in [1.82, 2.24) is 25.5 Å². The van der Waals surface area contributed by atoms with E-state index < -0.39 is 5.82 Å². The molecule has 0 saturated carbocycles. The molecule has 2 fully saturated rings. The summed E-state index contributed by atoms with van der Waals surface area (Å²) in [5.41, 5.74) is 2.32. The summed E-state index contributed by atoms with van der Waals surface area (Å²) < 4.78 is 15.2. The van der Waals surface area contributed by atoms with E-state index in [-0.39, 0.29) is 17.5 Å². The van der Waals surface area contributed by atoms with Gasteiger partial charge in [-0.05, 0) is 50.5 Å². The molecule has 2 atom stereocenters. The maximum Gasteiger partial charge on any atom is 0.254 e. The Balaban J connectivity index is 1.14. The van der Waals surface area contributed by atoms with Crippen LogP contribution in [0.1, 0.15) is 42.6 Å². The molecule has 3 aromatic rings. The van der Waals surface area contributed by atoms with Gasteiger partial charge in [-0.1, -0.05) is 24.3 Å². The van der Waals surface area contributed by atoms with Crippen molar-refractivity contribution in [2.45, 2.75) is 51.4 Å². The fourth-order valence-electron chi connectivity index (χ4n) is 5.49. The summed E-state index contributed by atoms with van der Waals surface area (Å²) in [6, 6.07) is 13.7. The summed E-state index contributed by atoms with van der Waals surface area (Å²) >= 11 is 0. The summed E-state index contributed by atoms with van der Waals surface area (Å²) in [6.45, 7) is 9.05. The largest absolute Gasteiger partial charge is 0.356 e. The summed E-state index contributed by atoms with van der Waals surface area (Å²) in [5, 5.41) is 6.61. The number of rotatable bonds is 6. The zero-order valence-electron chi connectivity index (χ0n) is 21.5. The van der Waals surface area contributed by atoms with Crippen LogP contribution >= 0.6 is 0 Å². The quantitative estimate of drug-likeness (QED) is 0.533. The molecule has 4 heterocycles. The Kier molecular flexibility index (Phi) is 7.76. The zero-order chi connectivity index (χ0) is 25.8. The first-order valence-corrected chi connectivity index (χ1v) is 13.1. The third kappa shape index (κ3) is 6.14. The maximum atomic E-state index is 15.2. The van der Waals surface area contributed by atoms with Crippen molar-refractivity contribution in [3.05, 3.63) is 78.0 Å². The van der Waals surface area contributed by atoms with E-state index in [0.29, 0.717) is 23.2 Å². The monoisotopic (exact) mass is 502 g/mol. The molecule has 2 N–H and O–H groups in total. The fraction of sp³-hybridized carbons (Fsp3) is 0.414. The zero-order valence-corrected chi connectivity index (χ0v) is 21.5. The predicted molar refractivity (Wildman–Crippen MR) is 144 cm³/mol. The van der Waals surface area contributed by atoms with Gasteiger partial charge in [0.1, 0.15) is 11.6 Å². The number of halogens is 1. The average Bonchev–Trinajstić information content (AvgIpc) is 2.90. The summed E-state index contributed by atoms with van der Waals surface area (Å²) in [6.07, 6.45) is 6.80. The van der Waals surface area contributed by atoms with Crippen LogP contribution in [0.4, 0.5) is 10.2 Å². The molecular formula is C29H35FN6O. The molecule has 0 radical (unpaired) electrons. The van der Waals surface area contributed by atoms with Crippen LogP contribution in [0.25, 0.3) is 11.1 Å². The molecule has 1 amide bonds. The van der Waals surface area contributed by atoms with E-state index >= 15 is 4.39 Å². The minimum atomic E-state index is -0.514. The van der Waals surface area contributed by atoms with Gasteiger partial charge in [0.25, 0.3) is 5.91 Å². The highest BCUT2D eigenvalue weighted by Crippen LogP contribution is 2.25. The molecule has 0 bridgehead atoms. The molecule has 2 aliphatic heterocycles. The van der Waals surface area contributed by atoms with E-state index in [0.717, 1.165) is 51.4 Å². The van der Waals surface area contributed by atoms with Gasteiger partial charge >= 0.3 is 0 Å². The number of carbonyl (C=O) groups excluding carboxylic acids is 1. The molecule has 37 heavy (non-hydrogen) atoms. The molecule has 1 aromatic carbocycles. The number of anilines is 1. The summed E-state index contributed by atoms with van der Waals surface area (Å²) in [5.74, 6) is 0.0750. The topological polar surface area (TPSA) is 73.4 Å². The summed E-state index contributed by atoms with van der Waals surface area (Å²) in [7, 11) is 0. The van der Waals surface area contributed by atoms with E-state index in [9.17, 15) is 4.79 Å². The number of hydrogen-bond acceptors (Lipinski definition) is 6. The Morgan fingerprint density at radius 1 is 1.05 bits per heavy atom. The van der Waals surface area contributed by atoms with Crippen molar-refractivity contribution in [3.8, 4) is 11.1 Å². The lowest BCUT2D eigenvalue weighted by Crippen LogP contribution is -2.53. The number of carbonyl (C=O) groups is 1. The first-order valence-electron chi connectivity index (χ1n) is 13.1. The Bertz CT molecular complexity index is 1190. The SMILES string of the molecule is CC1CN(Cc2ccc(N3CCC(NC(=O)c4cccc(-c5cccnc5)c4F)CC3)nc2)CC(C)N1. The molecule has 0 spiro atoms. The van der Waals surface area contributed by atoms with Gasteiger partial charge in [-0.25, -0.2) is 9.37 Å². The second kappa shape index (κ2) is 11.4. The molecule has 2 unspecified atom stereocenters. The lowest BCUT2D eigenvalue weighted by Gasteiger charge is -2.36. The van der Waals surface area contributed by atoms with E-state index in [1.54, 1.807) is 36.7 Å². The van der Waals surface area contributed by atoms with Crippen LogP contribution in [0.2, 0.25) is 0 Å². The molecule has 2 aliphatic rings. The number of amides is 1. The Morgan fingerprint density at radius 2 is 1.84 bits per heavy atom. The van der Waals surface area contributed by atoms with Crippen molar-refractivity contribution >= 4 is 11.7 Å². The maximum absolute atomic E-state index is 15.2. The van der Waals surface area contributed by atoms with E-state index in [2.05, 4.69) is 51.4 Å². The van der Waals surface area contributed by atoms with Gasteiger partial charge in [0.05, 0.1) is 5.56 Å². The Morgan fingerprint density at radius 3 is 2.51 bits per heavy atom. The van der Waals surface area contributed by atoms with Crippen molar-refractivity contribution in [1.29, 1.82) is 0 Å². The minimum Gasteiger partial charge on any atom is -0.356 e. The van der Waals surface area contributed by atoms with Crippen molar-refractivity contribution in [2.24, 2.45) is 0 Å². The number of hydrogen-bond donors (Lipinski definition) is 2. The molecule has 7 nitrogen and oxygen atoms in total. The molecule has 2 aromatic heterocycles. The first-order chi connectivity index (χ1) is 18.0. The van der Waals surface area contributed by atoms with Crippen molar-refractivity contribution < 1.29 is 9.18 Å². The number of pyridine rings is 2. The van der Waals surface area contributed by atoms with Crippen LogP contribution in [0.5, 0.6) is 0 Å². The molecule has 194 valence electrons. The second-order valence-corrected chi connectivity index (χ2v) is 10.3. The van der Waals surface area contributed by atoms with Gasteiger partial charge in [0.15, 0.2) is 0 Å². The number of piperazine rings is 1. The van der Waals surface area contributed by atoms with E-state index in [1.165, 1.54) is 11.6 Å². The highest BCUT2D eigenvalue weighted by atomic mass is 19.1. The molecule has 0 aliphatic carbocycles. The van der Waals surface area contributed by atoms with Crippen LogP contribution in [0.15, 0.2) is 61.1 Å². The lowest BCUT2D eigenvalue weighted by atomic mass is 10.0. The second-order valence-electron chi connectivity index (χ2n) is 10.3. The average molecular weight is 503 g/mol. The third-order valence-electron chi connectivity index (χ3n) is 7.22. The molecule has 8 heteroatoms. The minimum absolute atomic E-state index is 0.00108. The predicted octanol–water partition coefficient (Wildman–Crippen LogP) is 3.86. The van der Waals surface area contributed by atoms with Gasteiger partial charge in [0, 0.05) is 80.6 Å². The van der Waals surface area contributed by atoms with Crippen LogP contribution in [-0.2, 0) is 6.54 Å². The standard InChI is InChI=1S/C29H35FN6O/c1-20-17-35(18-21(2)33-20)19-22-8-9-27(32-15-22)36-13-10-24(11-14-36)34-29(37)26-7-3-6-25(28(26)30)23-5-4-12-31-16-23/h3-9,12,15-16,20-21,24,33H,10-11,13-14,17-19H2,1-2H3,(H,34,37). The molecule has 2 saturated heterocycles. The van der Waals surface area contributed by atoms with Crippen LogP contribution in [-0.4, -0.2) is 65.1 Å².